The minimum absolute atomic E-state index is 0.0570. The van der Waals surface area contributed by atoms with E-state index in [0.29, 0.717) is 0 Å². The van der Waals surface area contributed by atoms with Crippen molar-refractivity contribution in [3.8, 4) is 11.1 Å². The van der Waals surface area contributed by atoms with Crippen molar-refractivity contribution >= 4 is 5.78 Å². The number of hydrogen-bond acceptors (Lipinski definition) is 1. The Morgan fingerprint density at radius 1 is 1.06 bits per heavy atom. The van der Waals surface area contributed by atoms with Gasteiger partial charge in [0, 0.05) is 11.5 Å². The Labute approximate surface area is 105 Å². The van der Waals surface area contributed by atoms with Gasteiger partial charge in [-0.15, -0.1) is 0 Å². The minimum Gasteiger partial charge on any atom is -0.294 e. The van der Waals surface area contributed by atoms with Crippen molar-refractivity contribution in [2.24, 2.45) is 5.92 Å². The van der Waals surface area contributed by atoms with E-state index in [0.717, 1.165) is 28.7 Å². The number of carbonyl (C=O) groups excluding carboxylic acids is 1. The van der Waals surface area contributed by atoms with Crippen LogP contribution >= 0.6 is 0 Å². The minimum atomic E-state index is -0.240. The van der Waals surface area contributed by atoms with Gasteiger partial charge in [0.25, 0.3) is 0 Å². The average Bonchev–Trinajstić information content (AvgIpc) is 2.67. The number of fused-ring (bicyclic) bond motifs is 1. The van der Waals surface area contributed by atoms with Gasteiger partial charge in [-0.3, -0.25) is 4.79 Å². The third kappa shape index (κ3) is 1.65. The fourth-order valence-electron chi connectivity index (χ4n) is 2.60. The highest BCUT2D eigenvalue weighted by Crippen LogP contribution is 2.34. The van der Waals surface area contributed by atoms with Gasteiger partial charge in [-0.2, -0.15) is 0 Å². The van der Waals surface area contributed by atoms with Crippen molar-refractivity contribution in [1.82, 2.24) is 0 Å². The molecule has 0 N–H and O–H groups in total. The molecule has 0 aromatic heterocycles. The molecule has 0 bridgehead atoms. The zero-order valence-corrected chi connectivity index (χ0v) is 10.1. The van der Waals surface area contributed by atoms with Crippen LogP contribution in [-0.4, -0.2) is 5.78 Å². The summed E-state index contributed by atoms with van der Waals surface area (Å²) < 4.78 is 12.9. The van der Waals surface area contributed by atoms with Crippen LogP contribution in [0.1, 0.15) is 22.8 Å². The van der Waals surface area contributed by atoms with Crippen LogP contribution in [0, 0.1) is 11.7 Å². The van der Waals surface area contributed by atoms with E-state index in [-0.39, 0.29) is 17.5 Å². The highest BCUT2D eigenvalue weighted by atomic mass is 19.1. The molecule has 0 radical (unpaired) electrons. The fourth-order valence-corrected chi connectivity index (χ4v) is 2.60. The van der Waals surface area contributed by atoms with Gasteiger partial charge >= 0.3 is 0 Å². The summed E-state index contributed by atoms with van der Waals surface area (Å²) in [6.07, 6.45) is 0.779. The molecule has 1 aliphatic carbocycles. The molecule has 0 saturated carbocycles. The molecule has 0 saturated heterocycles. The van der Waals surface area contributed by atoms with Gasteiger partial charge in [0.1, 0.15) is 5.82 Å². The van der Waals surface area contributed by atoms with E-state index in [9.17, 15) is 9.18 Å². The summed E-state index contributed by atoms with van der Waals surface area (Å²) in [5.41, 5.74) is 3.94. The Balaban J connectivity index is 2.15. The molecule has 2 aromatic carbocycles. The van der Waals surface area contributed by atoms with Crippen LogP contribution in [-0.2, 0) is 6.42 Å². The average molecular weight is 240 g/mol. The summed E-state index contributed by atoms with van der Waals surface area (Å²) in [4.78, 5) is 12.0. The predicted octanol–water partition coefficient (Wildman–Crippen LogP) is 3.87. The van der Waals surface area contributed by atoms with Crippen molar-refractivity contribution in [3.63, 3.8) is 0 Å². The first-order valence-electron chi connectivity index (χ1n) is 6.09. The normalized spacial score (nSPS) is 17.9. The SMILES string of the molecule is CC1Cc2c(cccc2-c2ccc(F)cc2)C1=O. The number of hydrogen-bond donors (Lipinski definition) is 0. The molecule has 90 valence electrons. The second kappa shape index (κ2) is 4.05. The lowest BCUT2D eigenvalue weighted by Crippen LogP contribution is -2.02. The number of Topliss-reactive ketones (excluding diaryl/α,β-unsaturated/α-hetero) is 1. The van der Waals surface area contributed by atoms with Gasteiger partial charge < -0.3 is 0 Å². The summed E-state index contributed by atoms with van der Waals surface area (Å²) in [5, 5.41) is 0. The van der Waals surface area contributed by atoms with Crippen LogP contribution in [0.5, 0.6) is 0 Å². The molecule has 0 heterocycles. The summed E-state index contributed by atoms with van der Waals surface area (Å²) in [6, 6.07) is 12.2. The third-order valence-electron chi connectivity index (χ3n) is 3.55. The smallest absolute Gasteiger partial charge is 0.166 e. The maximum atomic E-state index is 12.9. The molecule has 0 spiro atoms. The molecule has 1 aliphatic rings. The Kier molecular flexibility index (Phi) is 2.51. The van der Waals surface area contributed by atoms with E-state index in [1.807, 2.05) is 25.1 Å². The quantitative estimate of drug-likeness (QED) is 0.739. The van der Waals surface area contributed by atoms with Crippen LogP contribution in [0.3, 0.4) is 0 Å². The van der Waals surface area contributed by atoms with Crippen LogP contribution in [0.15, 0.2) is 42.5 Å². The summed E-state index contributed by atoms with van der Waals surface area (Å²) >= 11 is 0. The van der Waals surface area contributed by atoms with Crippen molar-refractivity contribution in [2.45, 2.75) is 13.3 Å². The molecular formula is C16H13FO. The monoisotopic (exact) mass is 240 g/mol. The Morgan fingerprint density at radius 2 is 1.72 bits per heavy atom. The van der Waals surface area contributed by atoms with Crippen molar-refractivity contribution in [2.75, 3.05) is 0 Å². The van der Waals surface area contributed by atoms with Gasteiger partial charge in [0.15, 0.2) is 5.78 Å². The zero-order valence-electron chi connectivity index (χ0n) is 10.1. The molecule has 1 nitrogen and oxygen atoms in total. The molecule has 18 heavy (non-hydrogen) atoms. The first-order chi connectivity index (χ1) is 8.66. The van der Waals surface area contributed by atoms with E-state index >= 15 is 0 Å². The molecule has 0 aliphatic heterocycles. The predicted molar refractivity (Wildman–Crippen MR) is 69.0 cm³/mol. The van der Waals surface area contributed by atoms with E-state index in [1.165, 1.54) is 12.1 Å². The second-order valence-electron chi connectivity index (χ2n) is 4.81. The van der Waals surface area contributed by atoms with Gasteiger partial charge in [-0.05, 0) is 35.2 Å². The molecule has 2 aromatic rings. The maximum Gasteiger partial charge on any atom is 0.166 e. The van der Waals surface area contributed by atoms with Crippen molar-refractivity contribution < 1.29 is 9.18 Å². The molecule has 1 atom stereocenters. The summed E-state index contributed by atoms with van der Waals surface area (Å²) in [5.74, 6) is 0.0336. The fraction of sp³-hybridized carbons (Fsp3) is 0.188. The Bertz CT molecular complexity index is 613. The van der Waals surface area contributed by atoms with E-state index < -0.39 is 0 Å². The summed E-state index contributed by atoms with van der Waals surface area (Å²) in [7, 11) is 0. The first-order valence-corrected chi connectivity index (χ1v) is 6.09. The molecular weight excluding hydrogens is 227 g/mol. The van der Waals surface area contributed by atoms with Crippen LogP contribution in [0.2, 0.25) is 0 Å². The molecule has 0 fully saturated rings. The highest BCUT2D eigenvalue weighted by Gasteiger charge is 2.28. The molecule has 1 unspecified atom stereocenters. The van der Waals surface area contributed by atoms with Crippen LogP contribution in [0.4, 0.5) is 4.39 Å². The van der Waals surface area contributed by atoms with Crippen LogP contribution < -0.4 is 0 Å². The molecule has 3 rings (SSSR count). The lowest BCUT2D eigenvalue weighted by molar-refractivity contribution is 0.0946. The zero-order chi connectivity index (χ0) is 12.7. The van der Waals surface area contributed by atoms with Gasteiger partial charge in [0.05, 0.1) is 0 Å². The first kappa shape index (κ1) is 11.1. The van der Waals surface area contributed by atoms with Crippen molar-refractivity contribution in [1.29, 1.82) is 0 Å². The number of rotatable bonds is 1. The van der Waals surface area contributed by atoms with Crippen LogP contribution in [0.25, 0.3) is 11.1 Å². The lowest BCUT2D eigenvalue weighted by atomic mass is 9.97. The highest BCUT2D eigenvalue weighted by molar-refractivity contribution is 6.03. The third-order valence-corrected chi connectivity index (χ3v) is 3.55. The number of carbonyl (C=O) groups is 1. The molecule has 0 amide bonds. The Morgan fingerprint density at radius 3 is 2.44 bits per heavy atom. The summed E-state index contributed by atoms with van der Waals surface area (Å²) in [6.45, 7) is 1.96. The van der Waals surface area contributed by atoms with E-state index in [1.54, 1.807) is 12.1 Å². The lowest BCUT2D eigenvalue weighted by Gasteiger charge is -2.07. The second-order valence-corrected chi connectivity index (χ2v) is 4.81. The molecule has 2 heteroatoms. The van der Waals surface area contributed by atoms with Gasteiger partial charge in [-0.1, -0.05) is 37.3 Å². The van der Waals surface area contributed by atoms with E-state index in [2.05, 4.69) is 0 Å². The standard InChI is InChI=1S/C16H13FO/c1-10-9-15-13(3-2-4-14(15)16(10)18)11-5-7-12(17)8-6-11/h2-8,10H,9H2,1H3. The van der Waals surface area contributed by atoms with E-state index in [4.69, 9.17) is 0 Å². The van der Waals surface area contributed by atoms with Crippen molar-refractivity contribution in [3.05, 3.63) is 59.4 Å². The Hall–Kier alpha value is -1.96. The number of halogens is 1. The largest absolute Gasteiger partial charge is 0.294 e. The van der Waals surface area contributed by atoms with Gasteiger partial charge in [-0.25, -0.2) is 4.39 Å². The number of ketones is 1. The van der Waals surface area contributed by atoms with Gasteiger partial charge in [0.2, 0.25) is 0 Å². The number of benzene rings is 2. The topological polar surface area (TPSA) is 17.1 Å². The maximum absolute atomic E-state index is 12.9.